The maximum Gasteiger partial charge on any atom is 0.410 e. The number of nitrogens with zero attached hydrogens (tertiary/aromatic N) is 6. The van der Waals surface area contributed by atoms with E-state index in [-0.39, 0.29) is 30.1 Å². The number of rotatable bonds is 3. The lowest BCUT2D eigenvalue weighted by Gasteiger charge is -2.44. The number of fused-ring (bicyclic) bond motifs is 1. The Balaban J connectivity index is 1.66. The van der Waals surface area contributed by atoms with Gasteiger partial charge >= 0.3 is 6.09 Å². The van der Waals surface area contributed by atoms with E-state index in [9.17, 15) is 14.9 Å². The van der Waals surface area contributed by atoms with E-state index in [4.69, 9.17) is 4.74 Å². The van der Waals surface area contributed by atoms with Crippen LogP contribution in [0.2, 0.25) is 0 Å². The van der Waals surface area contributed by atoms with Crippen LogP contribution >= 0.6 is 0 Å². The molecular weight excluding hydrogens is 432 g/mol. The van der Waals surface area contributed by atoms with Crippen LogP contribution in [0.15, 0.2) is 12.5 Å². The molecule has 4 atom stereocenters. The van der Waals surface area contributed by atoms with Gasteiger partial charge in [0, 0.05) is 48.9 Å². The number of amides is 1. The van der Waals surface area contributed by atoms with E-state index in [0.29, 0.717) is 24.5 Å². The molecule has 4 rings (SSSR count). The van der Waals surface area contributed by atoms with Crippen molar-refractivity contribution in [1.82, 2.24) is 19.4 Å². The zero-order chi connectivity index (χ0) is 24.6. The van der Waals surface area contributed by atoms with Crippen LogP contribution in [0.4, 0.5) is 10.6 Å². The lowest BCUT2D eigenvalue weighted by Crippen LogP contribution is -2.59. The summed E-state index contributed by atoms with van der Waals surface area (Å²) < 4.78 is 7.67. The van der Waals surface area contributed by atoms with E-state index in [1.165, 1.54) is 0 Å². The lowest BCUT2D eigenvalue weighted by atomic mass is 9.86. The zero-order valence-electron chi connectivity index (χ0n) is 20.7. The van der Waals surface area contributed by atoms with Crippen LogP contribution in [0.25, 0.3) is 11.0 Å². The summed E-state index contributed by atoms with van der Waals surface area (Å²) in [4.78, 5) is 37.9. The van der Waals surface area contributed by atoms with Crippen molar-refractivity contribution in [1.29, 1.82) is 5.26 Å². The standard InChI is InChI=1S/C25H34N6O3/c1-16-12-30(24(33)34-25(3,4)5)17(2)11-29(16)22-21-19(14-32)13-31(23(21)28-15-27-22)20-8-6-7-18(9-20)10-26/h13-18,20H,6-9,11-12H2,1-5H3/t16?,17-,18?,20?/m0/s1. The fourth-order valence-electron chi connectivity index (χ4n) is 5.21. The van der Waals surface area contributed by atoms with Gasteiger partial charge in [-0.2, -0.15) is 5.26 Å². The Morgan fingerprint density at radius 3 is 2.65 bits per heavy atom. The first-order valence-electron chi connectivity index (χ1n) is 12.1. The zero-order valence-corrected chi connectivity index (χ0v) is 20.7. The second kappa shape index (κ2) is 9.24. The Bertz CT molecular complexity index is 1110. The molecule has 0 spiro atoms. The Labute approximate surface area is 200 Å². The molecule has 3 unspecified atom stereocenters. The van der Waals surface area contributed by atoms with Crippen molar-refractivity contribution in [3.05, 3.63) is 18.1 Å². The first-order valence-corrected chi connectivity index (χ1v) is 12.1. The van der Waals surface area contributed by atoms with Crippen LogP contribution in [0.3, 0.4) is 0 Å². The number of aromatic nitrogens is 3. The van der Waals surface area contributed by atoms with Gasteiger partial charge < -0.3 is 19.1 Å². The molecule has 0 aromatic carbocycles. The number of aldehydes is 1. The maximum absolute atomic E-state index is 12.7. The highest BCUT2D eigenvalue weighted by atomic mass is 16.6. The summed E-state index contributed by atoms with van der Waals surface area (Å²) >= 11 is 0. The highest BCUT2D eigenvalue weighted by Gasteiger charge is 2.36. The van der Waals surface area contributed by atoms with E-state index in [1.54, 1.807) is 11.2 Å². The first kappa shape index (κ1) is 24.0. The molecule has 1 amide bonds. The maximum atomic E-state index is 12.7. The van der Waals surface area contributed by atoms with Gasteiger partial charge in [0.05, 0.1) is 11.5 Å². The van der Waals surface area contributed by atoms with Crippen molar-refractivity contribution in [3.63, 3.8) is 0 Å². The third kappa shape index (κ3) is 4.59. The topological polar surface area (TPSA) is 104 Å². The summed E-state index contributed by atoms with van der Waals surface area (Å²) in [5.41, 5.74) is 0.728. The van der Waals surface area contributed by atoms with E-state index >= 15 is 0 Å². The van der Waals surface area contributed by atoms with Gasteiger partial charge in [0.1, 0.15) is 23.4 Å². The molecule has 3 heterocycles. The van der Waals surface area contributed by atoms with Crippen molar-refractivity contribution >= 4 is 29.2 Å². The molecule has 34 heavy (non-hydrogen) atoms. The molecule has 9 heteroatoms. The van der Waals surface area contributed by atoms with E-state index in [2.05, 4.69) is 25.5 Å². The summed E-state index contributed by atoms with van der Waals surface area (Å²) in [5.74, 6) is 0.737. The van der Waals surface area contributed by atoms with Gasteiger partial charge in [-0.15, -0.1) is 0 Å². The summed E-state index contributed by atoms with van der Waals surface area (Å²) in [6.07, 6.45) is 7.59. The molecule has 1 saturated carbocycles. The van der Waals surface area contributed by atoms with Crippen LogP contribution in [-0.4, -0.2) is 62.6 Å². The summed E-state index contributed by atoms with van der Waals surface area (Å²) in [6, 6.07) is 2.43. The van der Waals surface area contributed by atoms with Gasteiger partial charge in [0.25, 0.3) is 0 Å². The highest BCUT2D eigenvalue weighted by molar-refractivity contribution is 6.02. The number of nitriles is 1. The molecule has 0 N–H and O–H groups in total. The predicted octanol–water partition coefficient (Wildman–Crippen LogP) is 4.33. The number of hydrogen-bond donors (Lipinski definition) is 0. The second-order valence-electron chi connectivity index (χ2n) is 10.6. The second-order valence-corrected chi connectivity index (χ2v) is 10.6. The minimum atomic E-state index is -0.554. The summed E-state index contributed by atoms with van der Waals surface area (Å²) in [6.45, 7) is 10.7. The van der Waals surface area contributed by atoms with Crippen molar-refractivity contribution in [2.75, 3.05) is 18.0 Å². The van der Waals surface area contributed by atoms with Crippen LogP contribution in [0.1, 0.15) is 76.7 Å². The first-order chi connectivity index (χ1) is 16.1. The molecule has 1 aliphatic carbocycles. The Morgan fingerprint density at radius 1 is 1.21 bits per heavy atom. The Morgan fingerprint density at radius 2 is 1.97 bits per heavy atom. The largest absolute Gasteiger partial charge is 0.444 e. The fourth-order valence-corrected chi connectivity index (χ4v) is 5.21. The third-order valence-electron chi connectivity index (χ3n) is 6.85. The molecule has 2 aliphatic rings. The SMILES string of the molecule is CC1CN(C(=O)OC(C)(C)C)[C@@H](C)CN1c1ncnc2c1c(C=O)cn2C1CCCC(C#N)C1. The third-order valence-corrected chi connectivity index (χ3v) is 6.85. The monoisotopic (exact) mass is 466 g/mol. The molecule has 0 radical (unpaired) electrons. The molecule has 9 nitrogen and oxygen atoms in total. The van der Waals surface area contributed by atoms with Crippen molar-refractivity contribution < 1.29 is 14.3 Å². The fraction of sp³-hybridized carbons (Fsp3) is 0.640. The van der Waals surface area contributed by atoms with Crippen LogP contribution < -0.4 is 4.90 Å². The normalized spacial score (nSPS) is 25.8. The molecule has 2 aromatic heterocycles. The summed E-state index contributed by atoms with van der Waals surface area (Å²) in [7, 11) is 0. The minimum absolute atomic E-state index is 0.0256. The predicted molar refractivity (Wildman–Crippen MR) is 129 cm³/mol. The summed E-state index contributed by atoms with van der Waals surface area (Å²) in [5, 5.41) is 10.2. The van der Waals surface area contributed by atoms with E-state index in [0.717, 1.165) is 43.0 Å². The van der Waals surface area contributed by atoms with Crippen LogP contribution in [0, 0.1) is 17.2 Å². The average Bonchev–Trinajstić information content (AvgIpc) is 3.18. The van der Waals surface area contributed by atoms with Crippen LogP contribution in [0.5, 0.6) is 0 Å². The molecule has 1 saturated heterocycles. The molecule has 1 aliphatic heterocycles. The number of anilines is 1. The quantitative estimate of drug-likeness (QED) is 0.620. The van der Waals surface area contributed by atoms with Gasteiger partial charge in [0.15, 0.2) is 6.29 Å². The highest BCUT2D eigenvalue weighted by Crippen LogP contribution is 2.38. The number of carbonyl (C=O) groups excluding carboxylic acids is 2. The number of piperazine rings is 1. The van der Waals surface area contributed by atoms with Crippen molar-refractivity contribution in [2.24, 2.45) is 5.92 Å². The van der Waals surface area contributed by atoms with Gasteiger partial charge in [-0.1, -0.05) is 6.42 Å². The molecule has 0 bridgehead atoms. The molecule has 2 aromatic rings. The Hall–Kier alpha value is -3.15. The number of carbonyl (C=O) groups is 2. The van der Waals surface area contributed by atoms with E-state index in [1.807, 2.05) is 40.8 Å². The van der Waals surface area contributed by atoms with E-state index < -0.39 is 5.60 Å². The van der Waals surface area contributed by atoms with Crippen molar-refractivity contribution in [2.45, 2.75) is 84.0 Å². The molecule has 2 fully saturated rings. The Kier molecular flexibility index (Phi) is 6.52. The van der Waals surface area contributed by atoms with Crippen molar-refractivity contribution in [3.8, 4) is 6.07 Å². The lowest BCUT2D eigenvalue weighted by molar-refractivity contribution is 0.0130. The van der Waals surface area contributed by atoms with Gasteiger partial charge in [0.2, 0.25) is 0 Å². The van der Waals surface area contributed by atoms with Crippen LogP contribution in [-0.2, 0) is 4.74 Å². The number of hydrogen-bond acceptors (Lipinski definition) is 7. The van der Waals surface area contributed by atoms with Gasteiger partial charge in [-0.05, 0) is 53.9 Å². The smallest absolute Gasteiger partial charge is 0.410 e. The molecular formula is C25H34N6O3. The average molecular weight is 467 g/mol. The van der Waals surface area contributed by atoms with Gasteiger partial charge in [-0.25, -0.2) is 14.8 Å². The number of ether oxygens (including phenoxy) is 1. The van der Waals surface area contributed by atoms with Gasteiger partial charge in [-0.3, -0.25) is 4.79 Å². The molecule has 182 valence electrons. The minimum Gasteiger partial charge on any atom is -0.444 e.